The number of aryl methyl sites for hydroxylation is 1. The molecule has 0 aliphatic heterocycles. The summed E-state index contributed by atoms with van der Waals surface area (Å²) in [5.41, 5.74) is 1.67. The molecule has 2 aromatic rings. The van der Waals surface area contributed by atoms with E-state index in [0.29, 0.717) is 5.75 Å². The van der Waals surface area contributed by atoms with E-state index in [9.17, 15) is 4.21 Å². The molecule has 1 aromatic carbocycles. The van der Waals surface area contributed by atoms with Crippen molar-refractivity contribution in [1.82, 2.24) is 9.78 Å². The monoisotopic (exact) mass is 369 g/mol. The Morgan fingerprint density at radius 3 is 2.67 bits per heavy atom. The normalized spacial score (nSPS) is 23.5. The highest BCUT2D eigenvalue weighted by atomic mass is 35.5. The third kappa shape index (κ3) is 3.70. The summed E-state index contributed by atoms with van der Waals surface area (Å²) in [5.74, 6) is 0.686. The topological polar surface area (TPSA) is 56.1 Å². The molecular weight excluding hydrogens is 346 g/mol. The number of benzene rings is 1. The Hall–Kier alpha value is -1.27. The highest BCUT2D eigenvalue weighted by molar-refractivity contribution is 7.87. The Morgan fingerprint density at radius 2 is 2.00 bits per heavy atom. The first kappa shape index (κ1) is 17.5. The van der Waals surface area contributed by atoms with E-state index in [1.165, 1.54) is 0 Å². The number of nitrogens with one attached hydrogen (secondary N) is 1. The van der Waals surface area contributed by atoms with Crippen molar-refractivity contribution in [1.29, 1.82) is 0 Å². The Morgan fingerprint density at radius 1 is 1.29 bits per heavy atom. The molecule has 0 saturated heterocycles. The van der Waals surface area contributed by atoms with Gasteiger partial charge in [0.2, 0.25) is 0 Å². The standard InChI is InChI=1S/C17H24ClN3O2S/c1-21-17-12(11-19-21)9-10-15(23-2)16(17)20-24(22)14-7-3-5-13(18)6-4-8-14/h9-11,13-14,20H,3-8H2,1-2H3. The van der Waals surface area contributed by atoms with Crippen LogP contribution in [-0.2, 0) is 18.0 Å². The molecule has 1 fully saturated rings. The molecule has 1 unspecified atom stereocenters. The molecule has 0 bridgehead atoms. The summed E-state index contributed by atoms with van der Waals surface area (Å²) in [7, 11) is 2.35. The molecule has 1 saturated carbocycles. The second-order valence-electron chi connectivity index (χ2n) is 6.33. The number of fused-ring (bicyclic) bond motifs is 1. The zero-order valence-corrected chi connectivity index (χ0v) is 15.7. The molecule has 132 valence electrons. The number of methoxy groups -OCH3 is 1. The second-order valence-corrected chi connectivity index (χ2v) is 8.41. The summed E-state index contributed by atoms with van der Waals surface area (Å²) in [6.07, 6.45) is 7.75. The van der Waals surface area contributed by atoms with Crippen LogP contribution in [0.25, 0.3) is 10.9 Å². The number of alkyl halides is 1. The molecule has 7 heteroatoms. The number of halogens is 1. The van der Waals surface area contributed by atoms with Gasteiger partial charge < -0.3 is 4.74 Å². The van der Waals surface area contributed by atoms with Gasteiger partial charge in [0, 0.05) is 17.8 Å². The van der Waals surface area contributed by atoms with E-state index in [-0.39, 0.29) is 10.6 Å². The molecule has 5 nitrogen and oxygen atoms in total. The lowest BCUT2D eigenvalue weighted by Crippen LogP contribution is -2.24. The highest BCUT2D eigenvalue weighted by Crippen LogP contribution is 2.34. The van der Waals surface area contributed by atoms with Crippen LogP contribution in [0, 0.1) is 0 Å². The summed E-state index contributed by atoms with van der Waals surface area (Å²) in [4.78, 5) is 0. The largest absolute Gasteiger partial charge is 0.494 e. The van der Waals surface area contributed by atoms with E-state index in [4.69, 9.17) is 16.3 Å². The molecule has 1 N–H and O–H groups in total. The molecule has 0 spiro atoms. The Kier molecular flexibility index (Phi) is 5.66. The summed E-state index contributed by atoms with van der Waals surface area (Å²) in [5, 5.41) is 5.71. The molecule has 24 heavy (non-hydrogen) atoms. The van der Waals surface area contributed by atoms with Gasteiger partial charge in [-0.05, 0) is 37.8 Å². The third-order valence-corrected chi connectivity index (χ3v) is 6.60. The van der Waals surface area contributed by atoms with E-state index >= 15 is 0 Å². The van der Waals surface area contributed by atoms with Crippen molar-refractivity contribution in [3.63, 3.8) is 0 Å². The number of ether oxygens (including phenoxy) is 1. The zero-order valence-electron chi connectivity index (χ0n) is 14.1. The Labute approximate surface area is 150 Å². The van der Waals surface area contributed by atoms with E-state index < -0.39 is 11.0 Å². The van der Waals surface area contributed by atoms with Crippen molar-refractivity contribution in [2.45, 2.75) is 49.2 Å². The van der Waals surface area contributed by atoms with Gasteiger partial charge in [0.25, 0.3) is 0 Å². The summed E-state index contributed by atoms with van der Waals surface area (Å²) < 4.78 is 23.4. The number of anilines is 1. The van der Waals surface area contributed by atoms with Crippen LogP contribution < -0.4 is 9.46 Å². The lowest BCUT2D eigenvalue weighted by atomic mass is 10.0. The van der Waals surface area contributed by atoms with Gasteiger partial charge in [-0.3, -0.25) is 9.40 Å². The van der Waals surface area contributed by atoms with Gasteiger partial charge in [0.15, 0.2) is 0 Å². The van der Waals surface area contributed by atoms with E-state index in [0.717, 1.165) is 55.1 Å². The van der Waals surface area contributed by atoms with Gasteiger partial charge in [-0.2, -0.15) is 5.10 Å². The van der Waals surface area contributed by atoms with Crippen LogP contribution in [0.3, 0.4) is 0 Å². The second kappa shape index (κ2) is 7.74. The molecule has 1 aromatic heterocycles. The SMILES string of the molecule is COc1ccc2cnn(C)c2c1NS(=O)C1CCCC(Cl)CCC1. The maximum Gasteiger partial charge on any atom is 0.145 e. The lowest BCUT2D eigenvalue weighted by molar-refractivity contribution is 0.417. The highest BCUT2D eigenvalue weighted by Gasteiger charge is 2.23. The fourth-order valence-electron chi connectivity index (χ4n) is 3.34. The van der Waals surface area contributed by atoms with Crippen molar-refractivity contribution in [3.05, 3.63) is 18.3 Å². The summed E-state index contributed by atoms with van der Waals surface area (Å²) >= 11 is 6.24. The third-order valence-electron chi connectivity index (χ3n) is 4.68. The summed E-state index contributed by atoms with van der Waals surface area (Å²) in [6.45, 7) is 0. The van der Waals surface area contributed by atoms with Gasteiger partial charge in [0.05, 0.1) is 24.1 Å². The van der Waals surface area contributed by atoms with E-state index in [2.05, 4.69) is 9.82 Å². The van der Waals surface area contributed by atoms with Crippen LogP contribution >= 0.6 is 11.6 Å². The van der Waals surface area contributed by atoms with Crippen LogP contribution in [0.1, 0.15) is 38.5 Å². The van der Waals surface area contributed by atoms with Crippen molar-refractivity contribution in [2.24, 2.45) is 7.05 Å². The lowest BCUT2D eigenvalue weighted by Gasteiger charge is -2.22. The number of rotatable bonds is 4. The smallest absolute Gasteiger partial charge is 0.145 e. The Bertz CT molecular complexity index is 724. The molecule has 1 aliphatic carbocycles. The Balaban J connectivity index is 1.83. The first-order valence-electron chi connectivity index (χ1n) is 8.40. The number of nitrogens with zero attached hydrogens (tertiary/aromatic N) is 2. The van der Waals surface area contributed by atoms with Gasteiger partial charge in [-0.1, -0.05) is 12.8 Å². The minimum absolute atomic E-state index is 0.141. The molecule has 0 radical (unpaired) electrons. The van der Waals surface area contributed by atoms with E-state index in [1.807, 2.05) is 19.2 Å². The van der Waals surface area contributed by atoms with Crippen LogP contribution in [0.5, 0.6) is 5.75 Å². The first-order valence-corrected chi connectivity index (χ1v) is 10.0. The van der Waals surface area contributed by atoms with Gasteiger partial charge in [-0.15, -0.1) is 11.6 Å². The van der Waals surface area contributed by atoms with Gasteiger partial charge in [-0.25, -0.2) is 4.21 Å². The minimum Gasteiger partial charge on any atom is -0.494 e. The van der Waals surface area contributed by atoms with E-state index in [1.54, 1.807) is 18.0 Å². The zero-order chi connectivity index (χ0) is 17.1. The fourth-order valence-corrected chi connectivity index (χ4v) is 4.97. The number of aromatic nitrogens is 2. The van der Waals surface area contributed by atoms with Crippen LogP contribution in [0.2, 0.25) is 0 Å². The van der Waals surface area contributed by atoms with Crippen LogP contribution in [-0.4, -0.2) is 31.7 Å². The fraction of sp³-hybridized carbons (Fsp3) is 0.588. The number of hydrogen-bond donors (Lipinski definition) is 1. The average Bonchev–Trinajstić information content (AvgIpc) is 2.92. The average molecular weight is 370 g/mol. The van der Waals surface area contributed by atoms with Crippen molar-refractivity contribution in [3.8, 4) is 5.75 Å². The molecule has 1 aliphatic rings. The van der Waals surface area contributed by atoms with Gasteiger partial charge >= 0.3 is 0 Å². The molecule has 0 amide bonds. The maximum absolute atomic E-state index is 12.9. The minimum atomic E-state index is -1.16. The van der Waals surface area contributed by atoms with Crippen molar-refractivity contribution in [2.75, 3.05) is 11.8 Å². The predicted molar refractivity (Wildman–Crippen MR) is 100 cm³/mol. The maximum atomic E-state index is 12.9. The van der Waals surface area contributed by atoms with Crippen LogP contribution in [0.15, 0.2) is 18.3 Å². The number of hydrogen-bond acceptors (Lipinski definition) is 3. The van der Waals surface area contributed by atoms with Crippen LogP contribution in [0.4, 0.5) is 5.69 Å². The molecular formula is C17H24ClN3O2S. The predicted octanol–water partition coefficient (Wildman–Crippen LogP) is 3.99. The summed E-state index contributed by atoms with van der Waals surface area (Å²) in [6, 6.07) is 3.85. The molecule has 3 rings (SSSR count). The quantitative estimate of drug-likeness (QED) is 0.829. The first-order chi connectivity index (χ1) is 11.6. The van der Waals surface area contributed by atoms with Crippen molar-refractivity contribution >= 4 is 39.2 Å². The van der Waals surface area contributed by atoms with Crippen molar-refractivity contribution < 1.29 is 8.95 Å². The molecule has 1 heterocycles. The van der Waals surface area contributed by atoms with Gasteiger partial charge in [0.1, 0.15) is 22.4 Å². The molecule has 1 atom stereocenters.